The molecule has 0 heterocycles. The van der Waals surface area contributed by atoms with Crippen LogP contribution in [0.15, 0.2) is 29.4 Å². The topological polar surface area (TPSA) is 50.7 Å². The largest absolute Gasteiger partial charge is 0.437 e. The molecule has 15 heavy (non-hydrogen) atoms. The van der Waals surface area contributed by atoms with Gasteiger partial charge in [0, 0.05) is 5.69 Å². The summed E-state index contributed by atoms with van der Waals surface area (Å²) >= 11 is 5.39. The summed E-state index contributed by atoms with van der Waals surface area (Å²) in [7, 11) is 0. The zero-order chi connectivity index (χ0) is 11.3. The molecule has 0 aliphatic rings. The molecule has 0 saturated carbocycles. The molecule has 0 unspecified atom stereocenters. The van der Waals surface area contributed by atoms with Gasteiger partial charge in [-0.3, -0.25) is 10.2 Å². The summed E-state index contributed by atoms with van der Waals surface area (Å²) in [4.78, 5) is 15.5. The number of oxime groups is 1. The maximum atomic E-state index is 11.1. The Hall–Kier alpha value is -1.55. The average molecular weight is 227 g/mol. The highest BCUT2D eigenvalue weighted by molar-refractivity contribution is 6.64. The Labute approximate surface area is 92.9 Å². The number of carbonyl (C=O) groups excluding carboxylic acids is 1. The zero-order valence-electron chi connectivity index (χ0n) is 8.45. The van der Waals surface area contributed by atoms with Crippen molar-refractivity contribution < 1.29 is 9.63 Å². The third-order valence-corrected chi connectivity index (χ3v) is 1.62. The quantitative estimate of drug-likeness (QED) is 0.479. The average Bonchev–Trinajstić information content (AvgIpc) is 2.19. The Kier molecular flexibility index (Phi) is 4.12. The van der Waals surface area contributed by atoms with Crippen LogP contribution in [-0.4, -0.2) is 11.3 Å². The lowest BCUT2D eigenvalue weighted by Gasteiger charge is -2.02. The van der Waals surface area contributed by atoms with E-state index < -0.39 is 6.09 Å². The fraction of sp³-hybridized carbons (Fsp3) is 0.200. The number of nitrogens with zero attached hydrogens (tertiary/aromatic N) is 1. The van der Waals surface area contributed by atoms with Gasteiger partial charge in [-0.25, -0.2) is 4.79 Å². The van der Waals surface area contributed by atoms with Crippen molar-refractivity contribution in [3.63, 3.8) is 0 Å². The van der Waals surface area contributed by atoms with Crippen LogP contribution in [0.3, 0.4) is 0 Å². The van der Waals surface area contributed by atoms with Crippen LogP contribution in [0.5, 0.6) is 0 Å². The molecular formula is C10H11ClN2O2. The van der Waals surface area contributed by atoms with Crippen molar-refractivity contribution in [2.24, 2.45) is 5.16 Å². The molecule has 0 aromatic heterocycles. The molecule has 5 heteroatoms. The van der Waals surface area contributed by atoms with Gasteiger partial charge in [-0.15, -0.1) is 0 Å². The Morgan fingerprint density at radius 3 is 2.53 bits per heavy atom. The highest BCUT2D eigenvalue weighted by Crippen LogP contribution is 2.08. The van der Waals surface area contributed by atoms with E-state index in [4.69, 9.17) is 11.6 Å². The molecule has 1 amide bonds. The Bertz CT molecular complexity index is 370. The Balaban J connectivity index is 2.51. The summed E-state index contributed by atoms with van der Waals surface area (Å²) in [6.45, 7) is 3.48. The minimum Gasteiger partial charge on any atom is -0.297 e. The van der Waals surface area contributed by atoms with Crippen molar-refractivity contribution >= 4 is 28.6 Å². The molecule has 0 aliphatic carbocycles. The highest BCUT2D eigenvalue weighted by Gasteiger charge is 2.01. The van der Waals surface area contributed by atoms with E-state index in [0.29, 0.717) is 5.69 Å². The van der Waals surface area contributed by atoms with Crippen LogP contribution >= 0.6 is 11.6 Å². The molecule has 1 aromatic rings. The summed E-state index contributed by atoms with van der Waals surface area (Å²) in [5.74, 6) is 0. The summed E-state index contributed by atoms with van der Waals surface area (Å²) in [5.41, 5.74) is 1.76. The van der Waals surface area contributed by atoms with Crippen molar-refractivity contribution in [1.82, 2.24) is 0 Å². The second kappa shape index (κ2) is 5.36. The fourth-order valence-corrected chi connectivity index (χ4v) is 0.916. The van der Waals surface area contributed by atoms with Crippen molar-refractivity contribution in [3.05, 3.63) is 29.8 Å². The van der Waals surface area contributed by atoms with E-state index in [2.05, 4.69) is 15.3 Å². The van der Waals surface area contributed by atoms with E-state index >= 15 is 0 Å². The van der Waals surface area contributed by atoms with Crippen molar-refractivity contribution in [3.8, 4) is 0 Å². The Morgan fingerprint density at radius 1 is 1.40 bits per heavy atom. The number of hydrogen-bond acceptors (Lipinski definition) is 3. The molecule has 1 aromatic carbocycles. The van der Waals surface area contributed by atoms with Gasteiger partial charge in [0.05, 0.1) is 0 Å². The normalized spacial score (nSPS) is 11.0. The highest BCUT2D eigenvalue weighted by atomic mass is 35.5. The lowest BCUT2D eigenvalue weighted by molar-refractivity contribution is 0.167. The van der Waals surface area contributed by atoms with E-state index in [-0.39, 0.29) is 5.17 Å². The molecule has 80 valence electrons. The van der Waals surface area contributed by atoms with E-state index in [1.54, 1.807) is 12.1 Å². The number of nitrogens with one attached hydrogen (secondary N) is 1. The van der Waals surface area contributed by atoms with Crippen LogP contribution < -0.4 is 5.32 Å². The number of aryl methyl sites for hydroxylation is 1. The fourth-order valence-electron chi connectivity index (χ4n) is 0.882. The second-order valence-electron chi connectivity index (χ2n) is 2.96. The third-order valence-electron chi connectivity index (χ3n) is 1.55. The van der Waals surface area contributed by atoms with E-state index in [1.807, 2.05) is 19.1 Å². The molecule has 0 radical (unpaired) electrons. The summed E-state index contributed by atoms with van der Waals surface area (Å²) < 4.78 is 0. The number of amides is 1. The molecule has 0 spiro atoms. The molecule has 0 fully saturated rings. The first-order valence-corrected chi connectivity index (χ1v) is 4.70. The van der Waals surface area contributed by atoms with E-state index in [1.165, 1.54) is 6.92 Å². The van der Waals surface area contributed by atoms with E-state index in [0.717, 1.165) is 5.56 Å². The van der Waals surface area contributed by atoms with Gasteiger partial charge in [0.1, 0.15) is 5.17 Å². The lowest BCUT2D eigenvalue weighted by atomic mass is 10.2. The third kappa shape index (κ3) is 4.46. The standard InChI is InChI=1S/C10H11ClN2O2/c1-7-3-5-9(6-4-7)12-10(14)15-13-8(2)11/h3-6H,1-2H3,(H,12,14)/b13-8+. The zero-order valence-corrected chi connectivity index (χ0v) is 9.21. The minimum absolute atomic E-state index is 0.161. The van der Waals surface area contributed by atoms with Gasteiger partial charge in [0.15, 0.2) is 0 Å². The van der Waals surface area contributed by atoms with Crippen molar-refractivity contribution in [1.29, 1.82) is 0 Å². The molecule has 0 bridgehead atoms. The first-order chi connectivity index (χ1) is 7.08. The van der Waals surface area contributed by atoms with Gasteiger partial charge in [0.2, 0.25) is 0 Å². The minimum atomic E-state index is -0.668. The van der Waals surface area contributed by atoms with E-state index in [9.17, 15) is 4.79 Å². The number of rotatable bonds is 2. The summed E-state index contributed by atoms with van der Waals surface area (Å²) in [6, 6.07) is 7.30. The number of benzene rings is 1. The first kappa shape index (κ1) is 11.5. The van der Waals surface area contributed by atoms with Gasteiger partial charge in [0.25, 0.3) is 0 Å². The predicted octanol–water partition coefficient (Wildman–Crippen LogP) is 3.12. The smallest absolute Gasteiger partial charge is 0.297 e. The van der Waals surface area contributed by atoms with Crippen LogP contribution in [-0.2, 0) is 4.84 Å². The summed E-state index contributed by atoms with van der Waals surface area (Å²) in [5, 5.41) is 5.97. The molecule has 1 rings (SSSR count). The molecule has 0 saturated heterocycles. The number of carbonyl (C=O) groups is 1. The molecule has 0 atom stereocenters. The second-order valence-corrected chi connectivity index (χ2v) is 3.51. The number of halogens is 1. The number of anilines is 1. The van der Waals surface area contributed by atoms with Gasteiger partial charge >= 0.3 is 6.09 Å². The molecular weight excluding hydrogens is 216 g/mol. The SMILES string of the molecule is C/C(Cl)=N\OC(=O)Nc1ccc(C)cc1. The van der Waals surface area contributed by atoms with Crippen LogP contribution in [0.4, 0.5) is 10.5 Å². The van der Waals surface area contributed by atoms with Crippen LogP contribution in [0.2, 0.25) is 0 Å². The van der Waals surface area contributed by atoms with Gasteiger partial charge in [-0.1, -0.05) is 34.5 Å². The van der Waals surface area contributed by atoms with Crippen LogP contribution in [0.25, 0.3) is 0 Å². The molecule has 4 nitrogen and oxygen atoms in total. The number of hydrogen-bond donors (Lipinski definition) is 1. The van der Waals surface area contributed by atoms with Crippen molar-refractivity contribution in [2.45, 2.75) is 13.8 Å². The van der Waals surface area contributed by atoms with Crippen molar-refractivity contribution in [2.75, 3.05) is 5.32 Å². The predicted molar refractivity (Wildman–Crippen MR) is 60.2 cm³/mol. The lowest BCUT2D eigenvalue weighted by Crippen LogP contribution is -2.10. The monoisotopic (exact) mass is 226 g/mol. The summed E-state index contributed by atoms with van der Waals surface area (Å²) in [6.07, 6.45) is -0.668. The van der Waals surface area contributed by atoms with Gasteiger partial charge in [-0.05, 0) is 26.0 Å². The maximum Gasteiger partial charge on any atom is 0.437 e. The Morgan fingerprint density at radius 2 is 2.00 bits per heavy atom. The van der Waals surface area contributed by atoms with Gasteiger partial charge < -0.3 is 0 Å². The molecule has 0 aliphatic heterocycles. The van der Waals surface area contributed by atoms with Crippen LogP contribution in [0, 0.1) is 6.92 Å². The maximum absolute atomic E-state index is 11.1. The molecule has 1 N–H and O–H groups in total. The van der Waals surface area contributed by atoms with Gasteiger partial charge in [-0.2, -0.15) is 0 Å². The van der Waals surface area contributed by atoms with Crippen LogP contribution in [0.1, 0.15) is 12.5 Å². The first-order valence-electron chi connectivity index (χ1n) is 4.32.